The monoisotopic (exact) mass is 290 g/mol. The Morgan fingerprint density at radius 3 is 2.55 bits per heavy atom. The van der Waals surface area contributed by atoms with Crippen LogP contribution in [0.15, 0.2) is 46.9 Å². The molecule has 1 aromatic heterocycles. The van der Waals surface area contributed by atoms with Gasteiger partial charge in [-0.2, -0.15) is 0 Å². The number of aliphatic hydroxyl groups is 2. The molecule has 0 aliphatic heterocycles. The summed E-state index contributed by atoms with van der Waals surface area (Å²) in [5.74, 6) is 0.300. The van der Waals surface area contributed by atoms with Crippen LogP contribution < -0.4 is 0 Å². The standard InChI is InChI=1S/C16H15ClO3/c17-9-8-13(18)15(19)12-6-3-5-11-10-4-1-2-7-14(10)20-16(11)12/h1-7,13,15,18-19H,8-9H2. The molecular formula is C16H15ClO3. The largest absolute Gasteiger partial charge is 0.456 e. The second-order valence-corrected chi connectivity index (χ2v) is 5.19. The maximum absolute atomic E-state index is 10.3. The van der Waals surface area contributed by atoms with Crippen LogP contribution >= 0.6 is 11.6 Å². The molecule has 0 amide bonds. The average molecular weight is 291 g/mol. The predicted octanol–water partition coefficient (Wildman–Crippen LogP) is 3.61. The van der Waals surface area contributed by atoms with Crippen molar-refractivity contribution in [2.75, 3.05) is 5.88 Å². The number of hydrogen-bond donors (Lipinski definition) is 2. The van der Waals surface area contributed by atoms with Crippen molar-refractivity contribution < 1.29 is 14.6 Å². The number of halogens is 1. The fourth-order valence-electron chi connectivity index (χ4n) is 2.48. The van der Waals surface area contributed by atoms with Gasteiger partial charge in [-0.05, 0) is 12.5 Å². The number of benzene rings is 2. The Morgan fingerprint density at radius 1 is 1.00 bits per heavy atom. The quantitative estimate of drug-likeness (QED) is 0.722. The minimum absolute atomic E-state index is 0.300. The molecule has 0 aliphatic carbocycles. The summed E-state index contributed by atoms with van der Waals surface area (Å²) in [6.07, 6.45) is -1.57. The van der Waals surface area contributed by atoms with Crippen LogP contribution in [0.4, 0.5) is 0 Å². The molecule has 2 N–H and O–H groups in total. The van der Waals surface area contributed by atoms with Crippen molar-refractivity contribution in [2.24, 2.45) is 0 Å². The summed E-state index contributed by atoms with van der Waals surface area (Å²) in [5.41, 5.74) is 1.99. The van der Waals surface area contributed by atoms with Crippen molar-refractivity contribution >= 4 is 33.5 Å². The van der Waals surface area contributed by atoms with Gasteiger partial charge in [0, 0.05) is 22.2 Å². The molecule has 0 fully saturated rings. The molecule has 2 unspecified atom stereocenters. The third-order valence-corrected chi connectivity index (χ3v) is 3.74. The average Bonchev–Trinajstić information content (AvgIpc) is 2.85. The Balaban J connectivity index is 2.16. The SMILES string of the molecule is OC(CCCl)C(O)c1cccc2c1oc1ccccc12. The van der Waals surface area contributed by atoms with E-state index in [0.717, 1.165) is 16.4 Å². The molecule has 4 heteroatoms. The van der Waals surface area contributed by atoms with Crippen molar-refractivity contribution in [2.45, 2.75) is 18.6 Å². The first-order valence-corrected chi connectivity index (χ1v) is 7.08. The molecule has 0 spiro atoms. The summed E-state index contributed by atoms with van der Waals surface area (Å²) in [4.78, 5) is 0. The molecule has 0 saturated carbocycles. The molecule has 3 nitrogen and oxygen atoms in total. The van der Waals surface area contributed by atoms with E-state index in [2.05, 4.69) is 0 Å². The van der Waals surface area contributed by atoms with Gasteiger partial charge in [0.15, 0.2) is 0 Å². The van der Waals surface area contributed by atoms with Gasteiger partial charge in [-0.25, -0.2) is 0 Å². The Bertz CT molecular complexity index is 735. The van der Waals surface area contributed by atoms with Crippen LogP contribution in [-0.2, 0) is 0 Å². The maximum atomic E-state index is 10.3. The van der Waals surface area contributed by atoms with E-state index in [4.69, 9.17) is 16.0 Å². The zero-order valence-electron chi connectivity index (χ0n) is 10.8. The second-order valence-electron chi connectivity index (χ2n) is 4.81. The molecule has 0 aliphatic rings. The Hall–Kier alpha value is -1.55. The highest BCUT2D eigenvalue weighted by Gasteiger charge is 2.22. The van der Waals surface area contributed by atoms with E-state index in [1.807, 2.05) is 36.4 Å². The van der Waals surface area contributed by atoms with E-state index in [0.29, 0.717) is 23.4 Å². The van der Waals surface area contributed by atoms with Gasteiger partial charge >= 0.3 is 0 Å². The van der Waals surface area contributed by atoms with Crippen molar-refractivity contribution in [1.82, 2.24) is 0 Å². The van der Waals surface area contributed by atoms with Crippen LogP contribution in [0.3, 0.4) is 0 Å². The topological polar surface area (TPSA) is 53.6 Å². The number of fused-ring (bicyclic) bond motifs is 3. The maximum Gasteiger partial charge on any atom is 0.141 e. The molecule has 0 saturated heterocycles. The fourth-order valence-corrected chi connectivity index (χ4v) is 2.70. The van der Waals surface area contributed by atoms with Crippen LogP contribution in [0.2, 0.25) is 0 Å². The Kier molecular flexibility index (Phi) is 3.66. The first kappa shape index (κ1) is 13.4. The lowest BCUT2D eigenvalue weighted by Gasteiger charge is -2.17. The lowest BCUT2D eigenvalue weighted by atomic mass is 10.00. The van der Waals surface area contributed by atoms with Crippen LogP contribution in [-0.4, -0.2) is 22.2 Å². The van der Waals surface area contributed by atoms with Gasteiger partial charge < -0.3 is 14.6 Å². The molecule has 2 atom stereocenters. The van der Waals surface area contributed by atoms with Crippen LogP contribution in [0.1, 0.15) is 18.1 Å². The fraction of sp³-hybridized carbons (Fsp3) is 0.250. The summed E-state index contributed by atoms with van der Waals surface area (Å²) in [6.45, 7) is 0. The van der Waals surface area contributed by atoms with Gasteiger partial charge in [0.1, 0.15) is 17.3 Å². The number of hydrogen-bond acceptors (Lipinski definition) is 3. The zero-order valence-corrected chi connectivity index (χ0v) is 11.5. The minimum atomic E-state index is -1.00. The third kappa shape index (κ3) is 2.18. The van der Waals surface area contributed by atoms with Crippen molar-refractivity contribution in [1.29, 1.82) is 0 Å². The van der Waals surface area contributed by atoms with Crippen LogP contribution in [0.5, 0.6) is 0 Å². The van der Waals surface area contributed by atoms with Crippen LogP contribution in [0.25, 0.3) is 21.9 Å². The summed E-state index contributed by atoms with van der Waals surface area (Å²) in [5, 5.41) is 22.1. The Morgan fingerprint density at radius 2 is 1.75 bits per heavy atom. The van der Waals surface area contributed by atoms with E-state index in [9.17, 15) is 10.2 Å². The van der Waals surface area contributed by atoms with E-state index in [1.165, 1.54) is 0 Å². The first-order chi connectivity index (χ1) is 9.72. The smallest absolute Gasteiger partial charge is 0.141 e. The molecule has 2 aromatic carbocycles. The molecule has 104 valence electrons. The van der Waals surface area contributed by atoms with Gasteiger partial charge in [-0.15, -0.1) is 11.6 Å². The molecule has 1 heterocycles. The highest BCUT2D eigenvalue weighted by atomic mass is 35.5. The van der Waals surface area contributed by atoms with E-state index < -0.39 is 12.2 Å². The Labute approximate surface area is 121 Å². The van der Waals surface area contributed by atoms with Crippen molar-refractivity contribution in [3.63, 3.8) is 0 Å². The summed E-state index contributed by atoms with van der Waals surface area (Å²) < 4.78 is 5.83. The third-order valence-electron chi connectivity index (χ3n) is 3.52. The molecule has 3 rings (SSSR count). The molecule has 0 bridgehead atoms. The number of furan rings is 1. The number of para-hydroxylation sites is 2. The van der Waals surface area contributed by atoms with E-state index in [-0.39, 0.29) is 0 Å². The number of rotatable bonds is 4. The van der Waals surface area contributed by atoms with Crippen molar-refractivity contribution in [3.8, 4) is 0 Å². The molecule has 20 heavy (non-hydrogen) atoms. The molecular weight excluding hydrogens is 276 g/mol. The second kappa shape index (κ2) is 5.44. The van der Waals surface area contributed by atoms with E-state index >= 15 is 0 Å². The zero-order chi connectivity index (χ0) is 14.1. The van der Waals surface area contributed by atoms with Gasteiger partial charge in [-0.1, -0.05) is 36.4 Å². The summed E-state index contributed by atoms with van der Waals surface area (Å²) in [6, 6.07) is 13.3. The molecule has 3 aromatic rings. The van der Waals surface area contributed by atoms with Gasteiger partial charge in [0.25, 0.3) is 0 Å². The summed E-state index contributed by atoms with van der Waals surface area (Å²) >= 11 is 5.62. The van der Waals surface area contributed by atoms with Crippen molar-refractivity contribution in [3.05, 3.63) is 48.0 Å². The lowest BCUT2D eigenvalue weighted by molar-refractivity contribution is 0.0174. The predicted molar refractivity (Wildman–Crippen MR) is 80.0 cm³/mol. The normalized spacial score (nSPS) is 14.8. The highest BCUT2D eigenvalue weighted by Crippen LogP contribution is 2.34. The molecule has 0 radical (unpaired) electrons. The van der Waals surface area contributed by atoms with Gasteiger partial charge in [0.05, 0.1) is 6.10 Å². The van der Waals surface area contributed by atoms with Gasteiger partial charge in [0.2, 0.25) is 0 Å². The number of alkyl halides is 1. The minimum Gasteiger partial charge on any atom is -0.456 e. The van der Waals surface area contributed by atoms with Crippen LogP contribution in [0, 0.1) is 0 Å². The summed E-state index contributed by atoms with van der Waals surface area (Å²) in [7, 11) is 0. The van der Waals surface area contributed by atoms with E-state index in [1.54, 1.807) is 6.07 Å². The first-order valence-electron chi connectivity index (χ1n) is 6.54. The number of aliphatic hydroxyl groups excluding tert-OH is 2. The highest BCUT2D eigenvalue weighted by molar-refractivity contribution is 6.17. The van der Waals surface area contributed by atoms with Gasteiger partial charge in [-0.3, -0.25) is 0 Å². The lowest BCUT2D eigenvalue weighted by Crippen LogP contribution is -2.18.